The summed E-state index contributed by atoms with van der Waals surface area (Å²) in [6.07, 6.45) is 0.560. The van der Waals surface area contributed by atoms with Crippen molar-refractivity contribution in [1.29, 1.82) is 0 Å². The van der Waals surface area contributed by atoms with Gasteiger partial charge in [0.15, 0.2) is 5.11 Å². The van der Waals surface area contributed by atoms with Crippen LogP contribution in [0.4, 0.5) is 0 Å². The smallest absolute Gasteiger partial charge is 0.163 e. The molecule has 1 atom stereocenters. The Bertz CT molecular complexity index is 507. The molecule has 1 aliphatic rings. The molecule has 7 heteroatoms. The van der Waals surface area contributed by atoms with Crippen molar-refractivity contribution in [3.05, 3.63) is 33.8 Å². The van der Waals surface area contributed by atoms with Crippen LogP contribution in [0.3, 0.4) is 0 Å². The highest BCUT2D eigenvalue weighted by atomic mass is 35.5. The number of nitrogens with one attached hydrogen (secondary N) is 1. The summed E-state index contributed by atoms with van der Waals surface area (Å²) >= 11 is 16.7. The van der Waals surface area contributed by atoms with Gasteiger partial charge in [-0.15, -0.1) is 0 Å². The molecule has 18 heavy (non-hydrogen) atoms. The van der Waals surface area contributed by atoms with Gasteiger partial charge in [-0.2, -0.15) is 0 Å². The van der Waals surface area contributed by atoms with E-state index in [9.17, 15) is 0 Å². The number of nitrogens with zero attached hydrogens (tertiary/aromatic N) is 1. The highest BCUT2D eigenvalue weighted by Crippen LogP contribution is 2.25. The van der Waals surface area contributed by atoms with Gasteiger partial charge in [-0.3, -0.25) is 0 Å². The quantitative estimate of drug-likeness (QED) is 0.841. The van der Waals surface area contributed by atoms with E-state index in [-0.39, 0.29) is 11.2 Å². The number of thiocarbonyl (C=S) groups is 1. The summed E-state index contributed by atoms with van der Waals surface area (Å²) in [7, 11) is 0. The first-order valence-electron chi connectivity index (χ1n) is 5.27. The molecular weight excluding hydrogens is 293 g/mol. The standard InChI is InChI=1S/C11H11Cl2N3OS/c12-6-1-2-8(9(13)3-6)10-4-7(17-16-10)5-15-11(14)18/h1-3,7H,4-5H2,(H3,14,15,18)/t7-/m1/s1. The molecule has 0 saturated heterocycles. The van der Waals surface area contributed by atoms with Crippen LogP contribution in [0.1, 0.15) is 12.0 Å². The fourth-order valence-corrected chi connectivity index (χ4v) is 2.24. The average Bonchev–Trinajstić information content (AvgIpc) is 2.75. The Labute approximate surface area is 120 Å². The van der Waals surface area contributed by atoms with Crippen LogP contribution < -0.4 is 11.1 Å². The van der Waals surface area contributed by atoms with Crippen molar-refractivity contribution in [2.24, 2.45) is 10.9 Å². The van der Waals surface area contributed by atoms with Crippen LogP contribution in [0.15, 0.2) is 23.4 Å². The summed E-state index contributed by atoms with van der Waals surface area (Å²) in [5.74, 6) is 0. The van der Waals surface area contributed by atoms with Crippen LogP contribution in [0.5, 0.6) is 0 Å². The van der Waals surface area contributed by atoms with E-state index in [1.165, 1.54) is 0 Å². The number of halogens is 2. The van der Waals surface area contributed by atoms with E-state index in [0.29, 0.717) is 23.0 Å². The Morgan fingerprint density at radius 3 is 3.00 bits per heavy atom. The van der Waals surface area contributed by atoms with Gasteiger partial charge in [-0.05, 0) is 24.4 Å². The van der Waals surface area contributed by atoms with Crippen LogP contribution in [0.25, 0.3) is 0 Å². The van der Waals surface area contributed by atoms with Gasteiger partial charge < -0.3 is 15.9 Å². The van der Waals surface area contributed by atoms with Gasteiger partial charge in [0.1, 0.15) is 6.10 Å². The third-order valence-corrected chi connectivity index (χ3v) is 3.17. The first-order chi connectivity index (χ1) is 8.56. The van der Waals surface area contributed by atoms with Gasteiger partial charge in [0.25, 0.3) is 0 Å². The molecule has 1 heterocycles. The first kappa shape index (κ1) is 13.4. The minimum atomic E-state index is -0.0896. The van der Waals surface area contributed by atoms with Crippen LogP contribution in [0.2, 0.25) is 10.0 Å². The molecule has 0 aromatic heterocycles. The lowest BCUT2D eigenvalue weighted by atomic mass is 10.1. The Balaban J connectivity index is 2.01. The van der Waals surface area contributed by atoms with Crippen LogP contribution >= 0.6 is 35.4 Å². The lowest BCUT2D eigenvalue weighted by Gasteiger charge is -2.09. The Hall–Kier alpha value is -1.04. The lowest BCUT2D eigenvalue weighted by Crippen LogP contribution is -2.35. The number of hydrogen-bond donors (Lipinski definition) is 2. The molecule has 96 valence electrons. The van der Waals surface area contributed by atoms with Crippen LogP contribution in [0, 0.1) is 0 Å². The SMILES string of the molecule is NC(=S)NC[C@H]1CC(c2ccc(Cl)cc2Cl)=NO1. The molecule has 4 nitrogen and oxygen atoms in total. The molecule has 0 spiro atoms. The minimum absolute atomic E-state index is 0.0896. The van der Waals surface area contributed by atoms with E-state index < -0.39 is 0 Å². The zero-order valence-corrected chi connectivity index (χ0v) is 11.6. The molecule has 1 aromatic carbocycles. The van der Waals surface area contributed by atoms with Gasteiger partial charge in [-0.25, -0.2) is 0 Å². The second-order valence-corrected chi connectivity index (χ2v) is 5.12. The normalized spacial score (nSPS) is 18.1. The Morgan fingerprint density at radius 2 is 2.33 bits per heavy atom. The number of rotatable bonds is 3. The zero-order valence-electron chi connectivity index (χ0n) is 9.32. The predicted molar refractivity (Wildman–Crippen MR) is 77.3 cm³/mol. The van der Waals surface area contributed by atoms with Crippen LogP contribution in [-0.2, 0) is 4.84 Å². The maximum Gasteiger partial charge on any atom is 0.163 e. The summed E-state index contributed by atoms with van der Waals surface area (Å²) in [6.45, 7) is 0.521. The second-order valence-electron chi connectivity index (χ2n) is 3.84. The van der Waals surface area contributed by atoms with Gasteiger partial charge in [0, 0.05) is 17.0 Å². The van der Waals surface area contributed by atoms with E-state index in [1.807, 2.05) is 6.07 Å². The summed E-state index contributed by atoms with van der Waals surface area (Å²) < 4.78 is 0. The molecule has 0 fully saturated rings. The summed E-state index contributed by atoms with van der Waals surface area (Å²) in [6, 6.07) is 5.28. The molecule has 0 bridgehead atoms. The van der Waals surface area contributed by atoms with Crippen molar-refractivity contribution in [3.63, 3.8) is 0 Å². The van der Waals surface area contributed by atoms with Gasteiger partial charge in [-0.1, -0.05) is 34.4 Å². The van der Waals surface area contributed by atoms with Crippen LogP contribution in [-0.4, -0.2) is 23.5 Å². The molecule has 1 aromatic rings. The van der Waals surface area contributed by atoms with E-state index in [1.54, 1.807) is 12.1 Å². The Kier molecular flexibility index (Phi) is 4.27. The molecule has 1 aliphatic heterocycles. The number of benzene rings is 1. The van der Waals surface area contributed by atoms with E-state index in [4.69, 9.17) is 46.0 Å². The molecule has 0 radical (unpaired) electrons. The monoisotopic (exact) mass is 303 g/mol. The third-order valence-electron chi connectivity index (χ3n) is 2.48. The van der Waals surface area contributed by atoms with Gasteiger partial charge in [0.2, 0.25) is 0 Å². The fraction of sp³-hybridized carbons (Fsp3) is 0.273. The van der Waals surface area contributed by atoms with Crippen molar-refractivity contribution in [2.75, 3.05) is 6.54 Å². The molecule has 0 aliphatic carbocycles. The maximum atomic E-state index is 6.11. The van der Waals surface area contributed by atoms with E-state index in [2.05, 4.69) is 10.5 Å². The van der Waals surface area contributed by atoms with E-state index >= 15 is 0 Å². The molecule has 3 N–H and O–H groups in total. The van der Waals surface area contributed by atoms with Crippen molar-refractivity contribution in [3.8, 4) is 0 Å². The zero-order chi connectivity index (χ0) is 13.1. The van der Waals surface area contributed by atoms with Crippen molar-refractivity contribution in [2.45, 2.75) is 12.5 Å². The number of hydrogen-bond acceptors (Lipinski definition) is 3. The fourth-order valence-electron chi connectivity index (χ4n) is 1.63. The second kappa shape index (κ2) is 5.73. The largest absolute Gasteiger partial charge is 0.390 e. The predicted octanol–water partition coefficient (Wildman–Crippen LogP) is 2.32. The van der Waals surface area contributed by atoms with Crippen molar-refractivity contribution >= 4 is 46.2 Å². The number of nitrogens with two attached hydrogens (primary N) is 1. The molecular formula is C11H11Cl2N3OS. The molecule has 2 rings (SSSR count). The highest BCUT2D eigenvalue weighted by molar-refractivity contribution is 7.80. The maximum absolute atomic E-state index is 6.11. The Morgan fingerprint density at radius 1 is 1.56 bits per heavy atom. The summed E-state index contributed by atoms with van der Waals surface area (Å²) in [5, 5.41) is 8.26. The molecule has 0 saturated carbocycles. The molecule has 0 unspecified atom stereocenters. The topological polar surface area (TPSA) is 59.6 Å². The summed E-state index contributed by atoms with van der Waals surface area (Å²) in [4.78, 5) is 5.27. The first-order valence-corrected chi connectivity index (χ1v) is 6.44. The lowest BCUT2D eigenvalue weighted by molar-refractivity contribution is 0.0886. The highest BCUT2D eigenvalue weighted by Gasteiger charge is 2.23. The number of oxime groups is 1. The van der Waals surface area contributed by atoms with Crippen molar-refractivity contribution in [1.82, 2.24) is 5.32 Å². The van der Waals surface area contributed by atoms with E-state index in [0.717, 1.165) is 11.3 Å². The molecule has 0 amide bonds. The van der Waals surface area contributed by atoms with Gasteiger partial charge in [0.05, 0.1) is 17.3 Å². The third kappa shape index (κ3) is 3.25. The summed E-state index contributed by atoms with van der Waals surface area (Å²) in [5.41, 5.74) is 6.98. The van der Waals surface area contributed by atoms with Gasteiger partial charge >= 0.3 is 0 Å². The minimum Gasteiger partial charge on any atom is -0.390 e. The van der Waals surface area contributed by atoms with Crippen molar-refractivity contribution < 1.29 is 4.84 Å². The average molecular weight is 304 g/mol.